The second kappa shape index (κ2) is 8.36. The number of hydrazine groups is 1. The Morgan fingerprint density at radius 2 is 1.93 bits per heavy atom. The summed E-state index contributed by atoms with van der Waals surface area (Å²) in [7, 11) is 0. The molecule has 0 fully saturated rings. The first-order chi connectivity index (χ1) is 13.6. The van der Waals surface area contributed by atoms with Gasteiger partial charge in [0.15, 0.2) is 0 Å². The van der Waals surface area contributed by atoms with Gasteiger partial charge in [-0.25, -0.2) is 0 Å². The average molecular weight is 416 g/mol. The smallest absolute Gasteiger partial charge is 0.279 e. The maximum atomic E-state index is 12.4. The minimum atomic E-state index is -0.524. The van der Waals surface area contributed by atoms with E-state index in [1.165, 1.54) is 40.0 Å². The Morgan fingerprint density at radius 1 is 1.11 bits per heavy atom. The zero-order chi connectivity index (χ0) is 19.5. The molecule has 6 nitrogen and oxygen atoms in total. The quantitative estimate of drug-likeness (QED) is 0.530. The highest BCUT2D eigenvalue weighted by Gasteiger charge is 2.29. The highest BCUT2D eigenvalue weighted by atomic mass is 32.2. The molecule has 2 aromatic rings. The Kier molecular flexibility index (Phi) is 5.68. The molecule has 0 unspecified atom stereocenters. The van der Waals surface area contributed by atoms with Crippen molar-refractivity contribution in [1.82, 2.24) is 10.9 Å². The summed E-state index contributed by atoms with van der Waals surface area (Å²) in [5.41, 5.74) is 6.94. The molecule has 1 atom stereocenters. The van der Waals surface area contributed by atoms with Crippen LogP contribution in [0.25, 0.3) is 0 Å². The summed E-state index contributed by atoms with van der Waals surface area (Å²) in [6.07, 6.45) is 5.58. The van der Waals surface area contributed by atoms with E-state index in [1.54, 1.807) is 0 Å². The van der Waals surface area contributed by atoms with Gasteiger partial charge in [0.05, 0.1) is 15.8 Å². The average Bonchev–Trinajstić information content (AvgIpc) is 2.97. The van der Waals surface area contributed by atoms with Gasteiger partial charge >= 0.3 is 0 Å². The van der Waals surface area contributed by atoms with Gasteiger partial charge in [-0.2, -0.15) is 0 Å². The van der Waals surface area contributed by atoms with E-state index >= 15 is 0 Å². The van der Waals surface area contributed by atoms with Crippen LogP contribution in [0.2, 0.25) is 0 Å². The Balaban J connectivity index is 1.31. The zero-order valence-electron chi connectivity index (χ0n) is 15.2. The van der Waals surface area contributed by atoms with Crippen LogP contribution in [0, 0.1) is 0 Å². The molecule has 0 radical (unpaired) electrons. The van der Waals surface area contributed by atoms with Gasteiger partial charge in [0.1, 0.15) is 0 Å². The molecule has 0 spiro atoms. The topological polar surface area (TPSA) is 87.3 Å². The maximum absolute atomic E-state index is 12.4. The van der Waals surface area contributed by atoms with E-state index in [2.05, 4.69) is 16.2 Å². The minimum Gasteiger partial charge on any atom is -0.324 e. The summed E-state index contributed by atoms with van der Waals surface area (Å²) < 4.78 is 0. The third-order valence-electron chi connectivity index (χ3n) is 4.86. The van der Waals surface area contributed by atoms with Crippen molar-refractivity contribution in [2.24, 2.45) is 0 Å². The van der Waals surface area contributed by atoms with Crippen molar-refractivity contribution >= 4 is 46.5 Å². The molecule has 0 bridgehead atoms. The number of benzene rings is 1. The SMILES string of the molecule is O=C(C[C@@H]1Sc2ccccc2NC1=O)NNC(=O)c1cc2c(s1)CCCCC2. The lowest BCUT2D eigenvalue weighted by Gasteiger charge is -2.23. The normalized spacial score (nSPS) is 18.3. The van der Waals surface area contributed by atoms with Crippen LogP contribution >= 0.6 is 23.1 Å². The third kappa shape index (κ3) is 4.23. The number of carbonyl (C=O) groups is 3. The van der Waals surface area contributed by atoms with Crippen LogP contribution in [-0.4, -0.2) is 23.0 Å². The molecule has 8 heteroatoms. The molecule has 1 aliphatic heterocycles. The summed E-state index contributed by atoms with van der Waals surface area (Å²) in [4.78, 5) is 39.6. The predicted octanol–water partition coefficient (Wildman–Crippen LogP) is 3.28. The highest BCUT2D eigenvalue weighted by Crippen LogP contribution is 2.36. The van der Waals surface area contributed by atoms with Gasteiger partial charge in [0, 0.05) is 16.2 Å². The number of anilines is 1. The van der Waals surface area contributed by atoms with Crippen LogP contribution in [0.15, 0.2) is 35.2 Å². The van der Waals surface area contributed by atoms with Crippen LogP contribution in [0.4, 0.5) is 5.69 Å². The first kappa shape index (κ1) is 19.0. The van der Waals surface area contributed by atoms with E-state index in [-0.39, 0.29) is 18.2 Å². The predicted molar refractivity (Wildman–Crippen MR) is 111 cm³/mol. The lowest BCUT2D eigenvalue weighted by molar-refractivity contribution is -0.124. The number of amides is 3. The molecular weight excluding hydrogens is 394 g/mol. The number of hydrogen-bond acceptors (Lipinski definition) is 5. The highest BCUT2D eigenvalue weighted by molar-refractivity contribution is 8.01. The summed E-state index contributed by atoms with van der Waals surface area (Å²) >= 11 is 2.87. The van der Waals surface area contributed by atoms with Crippen molar-refractivity contribution in [3.05, 3.63) is 45.6 Å². The van der Waals surface area contributed by atoms with Crippen LogP contribution in [0.5, 0.6) is 0 Å². The number of carbonyl (C=O) groups excluding carboxylic acids is 3. The molecule has 1 aromatic heterocycles. The van der Waals surface area contributed by atoms with E-state index in [9.17, 15) is 14.4 Å². The molecule has 1 aliphatic carbocycles. The van der Waals surface area contributed by atoms with Crippen molar-refractivity contribution in [2.75, 3.05) is 5.32 Å². The van der Waals surface area contributed by atoms with Crippen LogP contribution in [0.1, 0.15) is 45.8 Å². The summed E-state index contributed by atoms with van der Waals surface area (Å²) in [5, 5.41) is 2.29. The molecule has 0 saturated carbocycles. The van der Waals surface area contributed by atoms with Gasteiger partial charge in [0.2, 0.25) is 11.8 Å². The van der Waals surface area contributed by atoms with Crippen LogP contribution in [0.3, 0.4) is 0 Å². The summed E-state index contributed by atoms with van der Waals surface area (Å²) in [5.74, 6) is -0.900. The van der Waals surface area contributed by atoms with E-state index in [0.717, 1.165) is 36.3 Å². The number of rotatable bonds is 3. The Morgan fingerprint density at radius 3 is 2.82 bits per heavy atom. The van der Waals surface area contributed by atoms with Crippen molar-refractivity contribution in [3.63, 3.8) is 0 Å². The number of aryl methyl sites for hydroxylation is 2. The molecule has 3 N–H and O–H groups in total. The van der Waals surface area contributed by atoms with Crippen LogP contribution < -0.4 is 16.2 Å². The molecule has 3 amide bonds. The fourth-order valence-electron chi connectivity index (χ4n) is 3.41. The monoisotopic (exact) mass is 415 g/mol. The Bertz CT molecular complexity index is 902. The van der Waals surface area contributed by atoms with Gasteiger partial charge in [-0.3, -0.25) is 25.2 Å². The van der Waals surface area contributed by atoms with Crippen molar-refractivity contribution < 1.29 is 14.4 Å². The fraction of sp³-hybridized carbons (Fsp3) is 0.350. The molecule has 2 aliphatic rings. The molecule has 4 rings (SSSR count). The molecule has 1 aromatic carbocycles. The molecular formula is C20H21N3O3S2. The van der Waals surface area contributed by atoms with E-state index in [4.69, 9.17) is 0 Å². The second-order valence-electron chi connectivity index (χ2n) is 6.92. The molecule has 0 saturated heterocycles. The summed E-state index contributed by atoms with van der Waals surface area (Å²) in [6.45, 7) is 0. The van der Waals surface area contributed by atoms with E-state index < -0.39 is 11.2 Å². The lowest BCUT2D eigenvalue weighted by Crippen LogP contribution is -2.43. The number of thiophene rings is 1. The van der Waals surface area contributed by atoms with E-state index in [0.29, 0.717) is 4.88 Å². The van der Waals surface area contributed by atoms with Crippen molar-refractivity contribution in [3.8, 4) is 0 Å². The van der Waals surface area contributed by atoms with Gasteiger partial charge in [-0.15, -0.1) is 23.1 Å². The van der Waals surface area contributed by atoms with Crippen molar-refractivity contribution in [2.45, 2.75) is 48.7 Å². The fourth-order valence-corrected chi connectivity index (χ4v) is 5.67. The summed E-state index contributed by atoms with van der Waals surface area (Å²) in [6, 6.07) is 9.43. The molecule has 2 heterocycles. The lowest BCUT2D eigenvalue weighted by atomic mass is 10.1. The number of para-hydroxylation sites is 1. The van der Waals surface area contributed by atoms with Gasteiger partial charge in [-0.05, 0) is 49.4 Å². The third-order valence-corrected chi connectivity index (χ3v) is 7.37. The zero-order valence-corrected chi connectivity index (χ0v) is 16.9. The first-order valence-electron chi connectivity index (χ1n) is 9.37. The number of fused-ring (bicyclic) bond motifs is 2. The van der Waals surface area contributed by atoms with Gasteiger partial charge in [0.25, 0.3) is 5.91 Å². The minimum absolute atomic E-state index is 0.00788. The Hall–Kier alpha value is -2.32. The largest absolute Gasteiger partial charge is 0.324 e. The number of nitrogens with one attached hydrogen (secondary N) is 3. The molecule has 146 valence electrons. The van der Waals surface area contributed by atoms with Gasteiger partial charge < -0.3 is 5.32 Å². The number of thioether (sulfide) groups is 1. The number of hydrogen-bond donors (Lipinski definition) is 3. The van der Waals surface area contributed by atoms with Gasteiger partial charge in [-0.1, -0.05) is 18.6 Å². The maximum Gasteiger partial charge on any atom is 0.279 e. The first-order valence-corrected chi connectivity index (χ1v) is 11.1. The Labute approximate surface area is 171 Å². The van der Waals surface area contributed by atoms with E-state index in [1.807, 2.05) is 30.3 Å². The van der Waals surface area contributed by atoms with Crippen LogP contribution in [-0.2, 0) is 22.4 Å². The van der Waals surface area contributed by atoms with Crippen molar-refractivity contribution in [1.29, 1.82) is 0 Å². The molecule has 28 heavy (non-hydrogen) atoms. The second-order valence-corrected chi connectivity index (χ2v) is 9.30. The standard InChI is InChI=1S/C20H21N3O3S2/c24-18(11-17-19(25)21-13-7-4-5-9-15(13)28-17)22-23-20(26)16-10-12-6-2-1-3-8-14(12)27-16/h4-5,7,9-10,17H,1-3,6,8,11H2,(H,21,25)(H,22,24)(H,23,26)/t17-/m0/s1.